The van der Waals surface area contributed by atoms with Crippen molar-refractivity contribution in [3.05, 3.63) is 0 Å². The molecule has 0 aliphatic carbocycles. The van der Waals surface area contributed by atoms with E-state index in [0.717, 1.165) is 0 Å². The van der Waals surface area contributed by atoms with Gasteiger partial charge in [-0.1, -0.05) is 0 Å². The summed E-state index contributed by atoms with van der Waals surface area (Å²) in [5, 5.41) is 8.45. The van der Waals surface area contributed by atoms with Gasteiger partial charge in [-0.25, -0.2) is 13.1 Å². The molecule has 0 radical (unpaired) electrons. The summed E-state index contributed by atoms with van der Waals surface area (Å²) in [7, 11) is -3.40. The molecule has 100 valence electrons. The predicted octanol–water partition coefficient (Wildman–Crippen LogP) is 0.340. The van der Waals surface area contributed by atoms with Crippen molar-refractivity contribution in [1.82, 2.24) is 4.72 Å². The Balaban J connectivity index is 2.45. The van der Waals surface area contributed by atoms with Crippen molar-refractivity contribution in [2.75, 3.05) is 19.0 Å². The van der Waals surface area contributed by atoms with E-state index < -0.39 is 21.5 Å². The summed E-state index contributed by atoms with van der Waals surface area (Å²) in [5.74, 6) is -1.12. The number of ether oxygens (including phenoxy) is 1. The molecular weight excluding hydrogens is 246 g/mol. The highest BCUT2D eigenvalue weighted by Gasteiger charge is 2.31. The summed E-state index contributed by atoms with van der Waals surface area (Å²) in [6.45, 7) is 2.95. The maximum Gasteiger partial charge on any atom is 0.303 e. The Morgan fingerprint density at radius 1 is 1.41 bits per heavy atom. The van der Waals surface area contributed by atoms with Crippen molar-refractivity contribution >= 4 is 16.0 Å². The summed E-state index contributed by atoms with van der Waals surface area (Å²) < 4.78 is 31.3. The van der Waals surface area contributed by atoms with Crippen molar-refractivity contribution in [3.8, 4) is 0 Å². The minimum Gasteiger partial charge on any atom is -0.481 e. The van der Waals surface area contributed by atoms with Crippen LogP contribution in [-0.4, -0.2) is 44.0 Å². The van der Waals surface area contributed by atoms with Gasteiger partial charge >= 0.3 is 5.97 Å². The molecule has 1 aliphatic heterocycles. The van der Waals surface area contributed by atoms with Gasteiger partial charge in [-0.05, 0) is 26.2 Å². The predicted molar refractivity (Wildman–Crippen MR) is 62.3 cm³/mol. The first kappa shape index (κ1) is 14.4. The molecule has 1 heterocycles. The summed E-state index contributed by atoms with van der Waals surface area (Å²) in [5.41, 5.74) is -0.458. The molecule has 6 nitrogen and oxygen atoms in total. The van der Waals surface area contributed by atoms with Crippen LogP contribution in [-0.2, 0) is 19.6 Å². The molecule has 0 saturated carbocycles. The van der Waals surface area contributed by atoms with E-state index >= 15 is 0 Å². The zero-order chi connectivity index (χ0) is 12.9. The maximum absolute atomic E-state index is 11.7. The number of carboxylic acid groups (broad SMARTS) is 1. The molecule has 17 heavy (non-hydrogen) atoms. The number of rotatable bonds is 6. The van der Waals surface area contributed by atoms with Gasteiger partial charge in [-0.3, -0.25) is 4.79 Å². The second-order valence-electron chi connectivity index (χ2n) is 4.59. The molecule has 0 bridgehead atoms. The first-order valence-electron chi connectivity index (χ1n) is 5.64. The normalized spacial score (nSPS) is 20.1. The van der Waals surface area contributed by atoms with E-state index in [9.17, 15) is 13.2 Å². The van der Waals surface area contributed by atoms with Gasteiger partial charge in [0.1, 0.15) is 0 Å². The third kappa shape index (κ3) is 5.47. The second kappa shape index (κ2) is 5.79. The summed E-state index contributed by atoms with van der Waals surface area (Å²) in [6, 6.07) is 0. The molecule has 1 saturated heterocycles. The molecule has 1 fully saturated rings. The van der Waals surface area contributed by atoms with Gasteiger partial charge in [0.15, 0.2) is 0 Å². The Hall–Kier alpha value is -0.660. The third-order valence-corrected chi connectivity index (χ3v) is 4.43. The Bertz CT molecular complexity index is 359. The number of carboxylic acids is 1. The van der Waals surface area contributed by atoms with Gasteiger partial charge in [0.05, 0.1) is 5.75 Å². The highest BCUT2D eigenvalue weighted by molar-refractivity contribution is 7.89. The molecule has 7 heteroatoms. The van der Waals surface area contributed by atoms with Crippen LogP contribution in [0.4, 0.5) is 0 Å². The molecule has 0 unspecified atom stereocenters. The molecule has 0 aromatic rings. The Morgan fingerprint density at radius 3 is 2.53 bits per heavy atom. The van der Waals surface area contributed by atoms with Crippen molar-refractivity contribution in [2.24, 2.45) is 0 Å². The van der Waals surface area contributed by atoms with Crippen LogP contribution in [0.1, 0.15) is 32.6 Å². The van der Waals surface area contributed by atoms with Crippen LogP contribution in [0.2, 0.25) is 0 Å². The van der Waals surface area contributed by atoms with Crippen LogP contribution in [0.5, 0.6) is 0 Å². The fraction of sp³-hybridized carbons (Fsp3) is 0.900. The quantitative estimate of drug-likeness (QED) is 0.722. The number of carbonyl (C=O) groups is 1. The second-order valence-corrected chi connectivity index (χ2v) is 6.43. The SMILES string of the molecule is CC1(NS(=O)(=O)CCCC(=O)O)CCOCC1. The maximum atomic E-state index is 11.7. The standard InChI is InChI=1S/C10H19NO5S/c1-10(4-6-16-7-5-10)11-17(14,15)8-2-3-9(12)13/h11H,2-8H2,1H3,(H,12,13). The van der Waals surface area contributed by atoms with Gasteiger partial charge in [-0.15, -0.1) is 0 Å². The van der Waals surface area contributed by atoms with Crippen LogP contribution < -0.4 is 4.72 Å². The van der Waals surface area contributed by atoms with Crippen molar-refractivity contribution in [3.63, 3.8) is 0 Å². The van der Waals surface area contributed by atoms with E-state index in [1.54, 1.807) is 0 Å². The van der Waals surface area contributed by atoms with E-state index in [2.05, 4.69) is 4.72 Å². The fourth-order valence-corrected chi connectivity index (χ4v) is 3.35. The van der Waals surface area contributed by atoms with Crippen LogP contribution in [0, 0.1) is 0 Å². The average molecular weight is 265 g/mol. The minimum absolute atomic E-state index is 0.124. The van der Waals surface area contributed by atoms with E-state index in [1.165, 1.54) is 0 Å². The molecule has 0 aromatic carbocycles. The lowest BCUT2D eigenvalue weighted by Gasteiger charge is -2.33. The van der Waals surface area contributed by atoms with Crippen molar-refractivity contribution < 1.29 is 23.1 Å². The zero-order valence-electron chi connectivity index (χ0n) is 9.94. The highest BCUT2D eigenvalue weighted by Crippen LogP contribution is 2.20. The first-order valence-corrected chi connectivity index (χ1v) is 7.29. The molecule has 0 amide bonds. The van der Waals surface area contributed by atoms with Crippen molar-refractivity contribution in [2.45, 2.75) is 38.1 Å². The van der Waals surface area contributed by atoms with Crippen LogP contribution >= 0.6 is 0 Å². The van der Waals surface area contributed by atoms with Crippen LogP contribution in [0.25, 0.3) is 0 Å². The van der Waals surface area contributed by atoms with Crippen molar-refractivity contribution in [1.29, 1.82) is 0 Å². The summed E-state index contributed by atoms with van der Waals surface area (Å²) in [4.78, 5) is 10.3. The Kier molecular flexibility index (Phi) is 4.91. The smallest absolute Gasteiger partial charge is 0.303 e. The molecule has 2 N–H and O–H groups in total. The summed E-state index contributed by atoms with van der Waals surface area (Å²) >= 11 is 0. The van der Waals surface area contributed by atoms with Crippen LogP contribution in [0.15, 0.2) is 0 Å². The molecular formula is C10H19NO5S. The van der Waals surface area contributed by atoms with E-state index in [0.29, 0.717) is 26.1 Å². The van der Waals surface area contributed by atoms with Gasteiger partial charge in [0.2, 0.25) is 10.0 Å². The van der Waals surface area contributed by atoms with Gasteiger partial charge in [0.25, 0.3) is 0 Å². The van der Waals surface area contributed by atoms with E-state index in [4.69, 9.17) is 9.84 Å². The largest absolute Gasteiger partial charge is 0.481 e. The van der Waals surface area contributed by atoms with E-state index in [-0.39, 0.29) is 18.6 Å². The zero-order valence-corrected chi connectivity index (χ0v) is 10.8. The number of aliphatic carboxylic acids is 1. The number of hydrogen-bond acceptors (Lipinski definition) is 4. The number of sulfonamides is 1. The minimum atomic E-state index is -3.40. The summed E-state index contributed by atoms with van der Waals surface area (Å²) in [6.07, 6.45) is 1.30. The average Bonchev–Trinajstić information content (AvgIpc) is 2.15. The topological polar surface area (TPSA) is 92.7 Å². The fourth-order valence-electron chi connectivity index (χ4n) is 1.76. The monoisotopic (exact) mass is 265 g/mol. The van der Waals surface area contributed by atoms with Gasteiger partial charge in [-0.2, -0.15) is 0 Å². The first-order chi connectivity index (χ1) is 7.83. The van der Waals surface area contributed by atoms with Gasteiger partial charge < -0.3 is 9.84 Å². The lowest BCUT2D eigenvalue weighted by atomic mass is 9.94. The molecule has 1 rings (SSSR count). The Labute approximate surface area is 101 Å². The lowest BCUT2D eigenvalue weighted by Crippen LogP contribution is -2.50. The number of nitrogens with one attached hydrogen (secondary N) is 1. The third-order valence-electron chi connectivity index (χ3n) is 2.80. The highest BCUT2D eigenvalue weighted by atomic mass is 32.2. The molecule has 0 aromatic heterocycles. The number of hydrogen-bond donors (Lipinski definition) is 2. The molecule has 1 aliphatic rings. The van der Waals surface area contributed by atoms with E-state index in [1.807, 2.05) is 6.92 Å². The lowest BCUT2D eigenvalue weighted by molar-refractivity contribution is -0.137. The van der Waals surface area contributed by atoms with Crippen LogP contribution in [0.3, 0.4) is 0 Å². The molecule has 0 atom stereocenters. The molecule has 0 spiro atoms. The Morgan fingerprint density at radius 2 is 2.00 bits per heavy atom. The van der Waals surface area contributed by atoms with Gasteiger partial charge in [0, 0.05) is 25.2 Å².